The Kier molecular flexibility index (Phi) is 5.54. The molecule has 0 unspecified atom stereocenters. The topological polar surface area (TPSA) is 37.4 Å². The maximum absolute atomic E-state index is 12.2. The van der Waals surface area contributed by atoms with E-state index in [0.717, 1.165) is 32.4 Å². The fraction of sp³-hybridized carbons (Fsp3) is 0.556. The molecule has 1 aliphatic rings. The van der Waals surface area contributed by atoms with E-state index in [4.69, 9.17) is 0 Å². The van der Waals surface area contributed by atoms with Crippen molar-refractivity contribution in [2.24, 2.45) is 5.92 Å². The van der Waals surface area contributed by atoms with Gasteiger partial charge in [-0.2, -0.15) is 0 Å². The quantitative estimate of drug-likeness (QED) is 0.834. The molecule has 21 heavy (non-hydrogen) atoms. The molecule has 3 nitrogen and oxygen atoms in total. The zero-order chi connectivity index (χ0) is 15.2. The highest BCUT2D eigenvalue weighted by Gasteiger charge is 2.25. The van der Waals surface area contributed by atoms with Crippen LogP contribution in [-0.4, -0.2) is 29.7 Å². The van der Waals surface area contributed by atoms with Crippen LogP contribution in [0.1, 0.15) is 43.7 Å². The third-order valence-corrected chi connectivity index (χ3v) is 4.36. The number of hydrogen-bond donors (Lipinski definition) is 0. The first-order valence-corrected chi connectivity index (χ1v) is 7.96. The molecule has 0 atom stereocenters. The largest absolute Gasteiger partial charge is 0.343 e. The van der Waals surface area contributed by atoms with Gasteiger partial charge in [0.25, 0.3) is 0 Å². The Morgan fingerprint density at radius 3 is 2.57 bits per heavy atom. The van der Waals surface area contributed by atoms with Crippen molar-refractivity contribution in [2.75, 3.05) is 13.1 Å². The summed E-state index contributed by atoms with van der Waals surface area (Å²) < 4.78 is 0. The van der Waals surface area contributed by atoms with E-state index in [9.17, 15) is 9.59 Å². The molecule has 0 N–H and O–H groups in total. The highest BCUT2D eigenvalue weighted by molar-refractivity contribution is 5.81. The molecular weight excluding hydrogens is 262 g/mol. The van der Waals surface area contributed by atoms with Crippen LogP contribution in [0.4, 0.5) is 0 Å². The second-order valence-electron chi connectivity index (χ2n) is 5.96. The number of benzene rings is 1. The van der Waals surface area contributed by atoms with Crippen LogP contribution in [0, 0.1) is 12.8 Å². The normalized spacial score (nSPS) is 16.0. The van der Waals surface area contributed by atoms with Crippen LogP contribution in [0.25, 0.3) is 0 Å². The lowest BCUT2D eigenvalue weighted by atomic mass is 9.91. The zero-order valence-corrected chi connectivity index (χ0v) is 13.1. The minimum Gasteiger partial charge on any atom is -0.343 e. The number of amides is 1. The standard InChI is InChI=1S/C18H25NO2/c1-3-17(20)16-9-11-19(12-10-16)18(21)8-7-15-6-4-5-14(2)13-15/h4-6,13,16H,3,7-12H2,1-2H3. The Balaban J connectivity index is 1.78. The van der Waals surface area contributed by atoms with E-state index in [1.165, 1.54) is 11.1 Å². The average Bonchev–Trinajstić information content (AvgIpc) is 2.52. The van der Waals surface area contributed by atoms with Crippen LogP contribution in [0.15, 0.2) is 24.3 Å². The van der Waals surface area contributed by atoms with E-state index < -0.39 is 0 Å². The SMILES string of the molecule is CCC(=O)C1CCN(C(=O)CCc2cccc(C)c2)CC1. The van der Waals surface area contributed by atoms with Gasteiger partial charge in [0.2, 0.25) is 5.91 Å². The highest BCUT2D eigenvalue weighted by atomic mass is 16.2. The number of aryl methyl sites for hydroxylation is 2. The number of carbonyl (C=O) groups excluding carboxylic acids is 2. The molecule has 2 rings (SSSR count). The summed E-state index contributed by atoms with van der Waals surface area (Å²) in [5.74, 6) is 0.747. The summed E-state index contributed by atoms with van der Waals surface area (Å²) in [6, 6.07) is 8.32. The lowest BCUT2D eigenvalue weighted by Crippen LogP contribution is -2.40. The number of hydrogen-bond acceptors (Lipinski definition) is 2. The van der Waals surface area contributed by atoms with Crippen molar-refractivity contribution in [3.8, 4) is 0 Å². The van der Waals surface area contributed by atoms with E-state index in [1.807, 2.05) is 17.9 Å². The maximum atomic E-state index is 12.2. The molecule has 1 aromatic rings. The predicted molar refractivity (Wildman–Crippen MR) is 84.1 cm³/mol. The fourth-order valence-electron chi connectivity index (χ4n) is 3.02. The fourth-order valence-corrected chi connectivity index (χ4v) is 3.02. The number of ketones is 1. The second-order valence-corrected chi connectivity index (χ2v) is 5.96. The first-order chi connectivity index (χ1) is 10.1. The highest BCUT2D eigenvalue weighted by Crippen LogP contribution is 2.20. The van der Waals surface area contributed by atoms with Crippen LogP contribution < -0.4 is 0 Å². The molecule has 0 saturated carbocycles. The Hall–Kier alpha value is -1.64. The van der Waals surface area contributed by atoms with Gasteiger partial charge in [-0.1, -0.05) is 36.8 Å². The van der Waals surface area contributed by atoms with Crippen molar-refractivity contribution in [3.63, 3.8) is 0 Å². The Bertz CT molecular complexity index is 502. The lowest BCUT2D eigenvalue weighted by molar-refractivity contribution is -0.135. The monoisotopic (exact) mass is 287 g/mol. The number of nitrogens with zero attached hydrogens (tertiary/aromatic N) is 1. The Morgan fingerprint density at radius 2 is 1.95 bits per heavy atom. The minimum atomic E-state index is 0.177. The first kappa shape index (κ1) is 15.7. The summed E-state index contributed by atoms with van der Waals surface area (Å²) in [7, 11) is 0. The number of likely N-dealkylation sites (tertiary alicyclic amines) is 1. The van der Waals surface area contributed by atoms with Crippen LogP contribution >= 0.6 is 0 Å². The van der Waals surface area contributed by atoms with Crippen LogP contribution in [0.5, 0.6) is 0 Å². The molecule has 0 aromatic heterocycles. The number of rotatable bonds is 5. The van der Waals surface area contributed by atoms with Crippen molar-refractivity contribution in [2.45, 2.75) is 46.0 Å². The van der Waals surface area contributed by atoms with E-state index in [0.29, 0.717) is 18.6 Å². The second kappa shape index (κ2) is 7.39. The number of Topliss-reactive ketones (excluding diaryl/α,β-unsaturated/α-hetero) is 1. The van der Waals surface area contributed by atoms with Gasteiger partial charge in [-0.25, -0.2) is 0 Å². The average molecular weight is 287 g/mol. The van der Waals surface area contributed by atoms with E-state index in [1.54, 1.807) is 0 Å². The summed E-state index contributed by atoms with van der Waals surface area (Å²) >= 11 is 0. The maximum Gasteiger partial charge on any atom is 0.222 e. The van der Waals surface area contributed by atoms with Gasteiger partial charge in [-0.15, -0.1) is 0 Å². The van der Waals surface area contributed by atoms with Crippen molar-refractivity contribution in [3.05, 3.63) is 35.4 Å². The summed E-state index contributed by atoms with van der Waals surface area (Å²) in [4.78, 5) is 25.9. The molecule has 1 heterocycles. The van der Waals surface area contributed by atoms with Crippen molar-refractivity contribution in [1.82, 2.24) is 4.90 Å². The van der Waals surface area contributed by atoms with E-state index in [-0.39, 0.29) is 11.8 Å². The molecule has 114 valence electrons. The molecule has 1 amide bonds. The minimum absolute atomic E-state index is 0.177. The molecule has 0 aliphatic carbocycles. The van der Waals surface area contributed by atoms with E-state index in [2.05, 4.69) is 25.1 Å². The Morgan fingerprint density at radius 1 is 1.24 bits per heavy atom. The van der Waals surface area contributed by atoms with Crippen LogP contribution in [0.3, 0.4) is 0 Å². The molecule has 0 spiro atoms. The molecule has 1 aromatic carbocycles. The zero-order valence-electron chi connectivity index (χ0n) is 13.1. The first-order valence-electron chi connectivity index (χ1n) is 7.96. The van der Waals surface area contributed by atoms with Crippen molar-refractivity contribution in [1.29, 1.82) is 0 Å². The molecule has 3 heteroatoms. The summed E-state index contributed by atoms with van der Waals surface area (Å²) in [6.45, 7) is 5.47. The molecular formula is C18H25NO2. The van der Waals surface area contributed by atoms with Gasteiger partial charge in [0, 0.05) is 31.8 Å². The Labute approximate surface area is 127 Å². The van der Waals surface area contributed by atoms with Gasteiger partial charge in [0.1, 0.15) is 5.78 Å². The summed E-state index contributed by atoms with van der Waals surface area (Å²) in [5, 5.41) is 0. The van der Waals surface area contributed by atoms with Gasteiger partial charge in [-0.05, 0) is 31.7 Å². The summed E-state index contributed by atoms with van der Waals surface area (Å²) in [6.07, 6.45) is 3.65. The summed E-state index contributed by atoms with van der Waals surface area (Å²) in [5.41, 5.74) is 2.46. The molecule has 1 aliphatic heterocycles. The van der Waals surface area contributed by atoms with Gasteiger partial charge in [0.05, 0.1) is 0 Å². The van der Waals surface area contributed by atoms with Gasteiger partial charge in [-0.3, -0.25) is 9.59 Å². The molecule has 1 fully saturated rings. The third kappa shape index (κ3) is 4.42. The van der Waals surface area contributed by atoms with E-state index >= 15 is 0 Å². The molecule has 0 bridgehead atoms. The molecule has 0 radical (unpaired) electrons. The lowest BCUT2D eigenvalue weighted by Gasteiger charge is -2.31. The van der Waals surface area contributed by atoms with Gasteiger partial charge in [0.15, 0.2) is 0 Å². The molecule has 1 saturated heterocycles. The van der Waals surface area contributed by atoms with Crippen LogP contribution in [0.2, 0.25) is 0 Å². The van der Waals surface area contributed by atoms with Crippen molar-refractivity contribution >= 4 is 11.7 Å². The number of piperidine rings is 1. The van der Waals surface area contributed by atoms with Crippen LogP contribution in [-0.2, 0) is 16.0 Å². The smallest absolute Gasteiger partial charge is 0.222 e. The van der Waals surface area contributed by atoms with Crippen molar-refractivity contribution < 1.29 is 9.59 Å². The third-order valence-electron chi connectivity index (χ3n) is 4.36. The predicted octanol–water partition coefficient (Wildman–Crippen LogP) is 3.15. The number of carbonyl (C=O) groups is 2. The van der Waals surface area contributed by atoms with Gasteiger partial charge < -0.3 is 4.90 Å². The van der Waals surface area contributed by atoms with Gasteiger partial charge >= 0.3 is 0 Å².